The first-order valence-electron chi connectivity index (χ1n) is 9.56. The highest BCUT2D eigenvalue weighted by Gasteiger charge is 2.19. The number of likely N-dealkylation sites (N-methyl/N-ethyl adjacent to an activating group) is 1. The van der Waals surface area contributed by atoms with Crippen LogP contribution in [0, 0.1) is 0 Å². The third-order valence-corrected chi connectivity index (χ3v) is 5.51. The predicted molar refractivity (Wildman–Crippen MR) is 111 cm³/mol. The number of nitrogens with zero attached hydrogens (tertiary/aromatic N) is 5. The summed E-state index contributed by atoms with van der Waals surface area (Å²) in [6.45, 7) is 4.05. The van der Waals surface area contributed by atoms with E-state index >= 15 is 0 Å². The van der Waals surface area contributed by atoms with Crippen LogP contribution in [0.5, 0.6) is 0 Å². The molecule has 7 nitrogen and oxygen atoms in total. The predicted octanol–water partition coefficient (Wildman–Crippen LogP) is 2.28. The van der Waals surface area contributed by atoms with Gasteiger partial charge in [-0.15, -0.1) is 0 Å². The van der Waals surface area contributed by atoms with Crippen molar-refractivity contribution in [2.24, 2.45) is 5.73 Å². The van der Waals surface area contributed by atoms with Crippen molar-refractivity contribution in [1.29, 1.82) is 0 Å². The van der Waals surface area contributed by atoms with E-state index in [0.29, 0.717) is 11.2 Å². The quantitative estimate of drug-likeness (QED) is 0.582. The molecule has 2 N–H and O–H groups in total. The number of hydrogen-bond acceptors (Lipinski definition) is 5. The number of aromatic nitrogens is 3. The van der Waals surface area contributed by atoms with Crippen LogP contribution in [-0.2, 0) is 0 Å². The van der Waals surface area contributed by atoms with Gasteiger partial charge in [0.15, 0.2) is 5.65 Å². The summed E-state index contributed by atoms with van der Waals surface area (Å²) in [6, 6.07) is 13.7. The molecule has 0 spiro atoms. The van der Waals surface area contributed by atoms with Crippen LogP contribution in [0.2, 0.25) is 0 Å². The van der Waals surface area contributed by atoms with Gasteiger partial charge in [-0.3, -0.25) is 9.20 Å². The zero-order valence-electron chi connectivity index (χ0n) is 15.8. The lowest BCUT2D eigenvalue weighted by molar-refractivity contribution is 0.100. The number of benzene rings is 1. The molecule has 1 fully saturated rings. The van der Waals surface area contributed by atoms with Gasteiger partial charge in [0.25, 0.3) is 5.91 Å². The van der Waals surface area contributed by atoms with Gasteiger partial charge in [-0.2, -0.15) is 0 Å². The van der Waals surface area contributed by atoms with Gasteiger partial charge < -0.3 is 15.5 Å². The van der Waals surface area contributed by atoms with Crippen LogP contribution in [-0.4, -0.2) is 58.4 Å². The van der Waals surface area contributed by atoms with Crippen LogP contribution in [0.15, 0.2) is 42.5 Å². The van der Waals surface area contributed by atoms with E-state index in [1.807, 2.05) is 40.8 Å². The fraction of sp³-hybridized carbons (Fsp3) is 0.286. The van der Waals surface area contributed by atoms with Crippen LogP contribution < -0.4 is 10.6 Å². The molecule has 3 aromatic heterocycles. The van der Waals surface area contributed by atoms with E-state index in [4.69, 9.17) is 10.7 Å². The first-order valence-corrected chi connectivity index (χ1v) is 9.56. The van der Waals surface area contributed by atoms with E-state index in [1.165, 1.54) is 0 Å². The first kappa shape index (κ1) is 16.9. The Kier molecular flexibility index (Phi) is 3.91. The van der Waals surface area contributed by atoms with Crippen molar-refractivity contribution in [3.8, 4) is 0 Å². The van der Waals surface area contributed by atoms with E-state index in [1.54, 1.807) is 6.07 Å². The SMILES string of the molecule is CN1CCCN(c2ccc3cc(C(N)=O)c4nc5ccccc5n4c3n2)CC1. The molecule has 0 unspecified atom stereocenters. The zero-order valence-corrected chi connectivity index (χ0v) is 15.8. The Morgan fingerprint density at radius 3 is 2.71 bits per heavy atom. The molecule has 4 heterocycles. The van der Waals surface area contributed by atoms with Gasteiger partial charge in [0.2, 0.25) is 0 Å². The molecular formula is C21H22N6O. The lowest BCUT2D eigenvalue weighted by Gasteiger charge is -2.22. The van der Waals surface area contributed by atoms with Gasteiger partial charge in [-0.1, -0.05) is 12.1 Å². The summed E-state index contributed by atoms with van der Waals surface area (Å²) in [4.78, 5) is 26.4. The average molecular weight is 374 g/mol. The Hall–Kier alpha value is -3.19. The second kappa shape index (κ2) is 6.45. The summed E-state index contributed by atoms with van der Waals surface area (Å²) >= 11 is 0. The van der Waals surface area contributed by atoms with E-state index in [9.17, 15) is 4.79 Å². The van der Waals surface area contributed by atoms with Crippen molar-refractivity contribution >= 4 is 39.4 Å². The molecule has 0 radical (unpaired) electrons. The lowest BCUT2D eigenvalue weighted by Crippen LogP contribution is -2.29. The van der Waals surface area contributed by atoms with Gasteiger partial charge in [-0.05, 0) is 50.3 Å². The molecular weight excluding hydrogens is 352 g/mol. The van der Waals surface area contributed by atoms with E-state index < -0.39 is 5.91 Å². The molecule has 28 heavy (non-hydrogen) atoms. The van der Waals surface area contributed by atoms with Crippen molar-refractivity contribution < 1.29 is 4.79 Å². The number of carbonyl (C=O) groups is 1. The third-order valence-electron chi connectivity index (χ3n) is 5.51. The number of amides is 1. The maximum atomic E-state index is 12.1. The number of pyridine rings is 2. The normalized spacial score (nSPS) is 16.1. The smallest absolute Gasteiger partial charge is 0.252 e. The molecule has 1 saturated heterocycles. The number of nitrogens with two attached hydrogens (primary N) is 1. The molecule has 1 aromatic carbocycles. The number of imidazole rings is 1. The van der Waals surface area contributed by atoms with Gasteiger partial charge in [0.1, 0.15) is 11.5 Å². The van der Waals surface area contributed by atoms with Crippen LogP contribution in [0.3, 0.4) is 0 Å². The summed E-state index contributed by atoms with van der Waals surface area (Å²) in [5.41, 5.74) is 9.15. The molecule has 1 aliphatic rings. The van der Waals surface area contributed by atoms with E-state index in [0.717, 1.165) is 60.5 Å². The average Bonchev–Trinajstić information content (AvgIpc) is 2.95. The fourth-order valence-corrected chi connectivity index (χ4v) is 4.02. The Bertz CT molecular complexity index is 1210. The van der Waals surface area contributed by atoms with Crippen molar-refractivity contribution in [2.45, 2.75) is 6.42 Å². The third kappa shape index (κ3) is 2.66. The van der Waals surface area contributed by atoms with E-state index in [2.05, 4.69) is 21.8 Å². The Morgan fingerprint density at radius 2 is 1.86 bits per heavy atom. The minimum absolute atomic E-state index is 0.412. The maximum absolute atomic E-state index is 12.1. The van der Waals surface area contributed by atoms with Crippen LogP contribution >= 0.6 is 0 Å². The summed E-state index contributed by atoms with van der Waals surface area (Å²) in [5, 5.41) is 0.875. The van der Waals surface area contributed by atoms with Gasteiger partial charge in [-0.25, -0.2) is 9.97 Å². The first-order chi connectivity index (χ1) is 13.6. The number of primary amides is 1. The fourth-order valence-electron chi connectivity index (χ4n) is 4.02. The van der Waals surface area contributed by atoms with Gasteiger partial charge in [0, 0.05) is 25.0 Å². The maximum Gasteiger partial charge on any atom is 0.252 e. The number of hydrogen-bond donors (Lipinski definition) is 1. The lowest BCUT2D eigenvalue weighted by atomic mass is 10.2. The van der Waals surface area contributed by atoms with Crippen LogP contribution in [0.25, 0.3) is 27.7 Å². The highest BCUT2D eigenvalue weighted by molar-refractivity contribution is 6.04. The van der Waals surface area contributed by atoms with Gasteiger partial charge in [0.05, 0.1) is 16.6 Å². The monoisotopic (exact) mass is 374 g/mol. The molecule has 4 aromatic rings. The summed E-state index contributed by atoms with van der Waals surface area (Å²) in [5.74, 6) is 0.468. The Labute approximate surface area is 162 Å². The summed E-state index contributed by atoms with van der Waals surface area (Å²) in [6.07, 6.45) is 1.11. The molecule has 1 amide bonds. The number of fused-ring (bicyclic) bond motifs is 5. The number of carbonyl (C=O) groups excluding carboxylic acids is 1. The molecule has 7 heteroatoms. The number of para-hydroxylation sites is 2. The molecule has 0 aliphatic carbocycles. The molecule has 0 atom stereocenters. The minimum atomic E-state index is -0.484. The summed E-state index contributed by atoms with van der Waals surface area (Å²) < 4.78 is 1.96. The van der Waals surface area contributed by atoms with Crippen molar-refractivity contribution in [3.05, 3.63) is 48.0 Å². The zero-order chi connectivity index (χ0) is 19.3. The van der Waals surface area contributed by atoms with Crippen LogP contribution in [0.1, 0.15) is 16.8 Å². The van der Waals surface area contributed by atoms with Crippen LogP contribution in [0.4, 0.5) is 5.82 Å². The van der Waals surface area contributed by atoms with Gasteiger partial charge >= 0.3 is 0 Å². The number of anilines is 1. The molecule has 0 bridgehead atoms. The second-order valence-corrected chi connectivity index (χ2v) is 7.41. The molecule has 0 saturated carbocycles. The van der Waals surface area contributed by atoms with Crippen molar-refractivity contribution in [3.63, 3.8) is 0 Å². The highest BCUT2D eigenvalue weighted by atomic mass is 16.1. The topological polar surface area (TPSA) is 79.8 Å². The molecule has 1 aliphatic heterocycles. The standard InChI is InChI=1S/C21H22N6O/c1-25-9-4-10-26(12-11-25)18-8-7-14-13-15(19(22)28)21-23-16-5-2-3-6-17(16)27(21)20(14)24-18/h2-3,5-8,13H,4,9-12H2,1H3,(H2,22,28). The summed E-state index contributed by atoms with van der Waals surface area (Å²) in [7, 11) is 2.16. The number of rotatable bonds is 2. The Morgan fingerprint density at radius 1 is 1.00 bits per heavy atom. The van der Waals surface area contributed by atoms with Crippen molar-refractivity contribution in [2.75, 3.05) is 38.1 Å². The van der Waals surface area contributed by atoms with Crippen molar-refractivity contribution in [1.82, 2.24) is 19.3 Å². The molecule has 142 valence electrons. The Balaban J connectivity index is 1.77. The van der Waals surface area contributed by atoms with E-state index in [-0.39, 0.29) is 0 Å². The minimum Gasteiger partial charge on any atom is -0.365 e. The second-order valence-electron chi connectivity index (χ2n) is 7.41. The highest BCUT2D eigenvalue weighted by Crippen LogP contribution is 2.27. The largest absolute Gasteiger partial charge is 0.365 e. The molecule has 5 rings (SSSR count).